The molecule has 0 radical (unpaired) electrons. The van der Waals surface area contributed by atoms with Gasteiger partial charge in [-0.3, -0.25) is 9.10 Å². The van der Waals surface area contributed by atoms with Crippen molar-refractivity contribution >= 4 is 21.6 Å². The predicted molar refractivity (Wildman–Crippen MR) is 96.1 cm³/mol. The zero-order valence-electron chi connectivity index (χ0n) is 14.1. The summed E-state index contributed by atoms with van der Waals surface area (Å²) in [6.07, 6.45) is 1.11. The van der Waals surface area contributed by atoms with Crippen LogP contribution in [0, 0.1) is 0 Å². The molecule has 0 bridgehead atoms. The Balaban J connectivity index is 2.23. The maximum atomic E-state index is 12.7. The quantitative estimate of drug-likeness (QED) is 0.807. The number of amides is 1. The molecule has 0 spiro atoms. The van der Waals surface area contributed by atoms with Crippen molar-refractivity contribution in [2.24, 2.45) is 0 Å². The molecule has 0 aromatic heterocycles. The SMILES string of the molecule is CC(C(=O)N(C)Cc1ccccc1)N(c1ccccc1)S(C)(=O)=O. The molecular formula is C18H22N2O3S. The van der Waals surface area contributed by atoms with E-state index in [9.17, 15) is 13.2 Å². The molecule has 5 nitrogen and oxygen atoms in total. The monoisotopic (exact) mass is 346 g/mol. The van der Waals surface area contributed by atoms with Crippen LogP contribution in [0.5, 0.6) is 0 Å². The first-order chi connectivity index (χ1) is 11.3. The number of benzene rings is 2. The summed E-state index contributed by atoms with van der Waals surface area (Å²) in [5.41, 5.74) is 1.47. The number of rotatable bonds is 6. The molecule has 2 aromatic rings. The van der Waals surface area contributed by atoms with Crippen molar-refractivity contribution in [1.29, 1.82) is 0 Å². The van der Waals surface area contributed by atoms with Crippen LogP contribution in [0.4, 0.5) is 5.69 Å². The second-order valence-corrected chi connectivity index (χ2v) is 7.61. The van der Waals surface area contributed by atoms with E-state index < -0.39 is 16.1 Å². The highest BCUT2D eigenvalue weighted by Gasteiger charge is 2.30. The molecule has 0 saturated carbocycles. The van der Waals surface area contributed by atoms with Crippen molar-refractivity contribution in [3.63, 3.8) is 0 Å². The smallest absolute Gasteiger partial charge is 0.246 e. The Morgan fingerprint density at radius 1 is 1.00 bits per heavy atom. The molecule has 0 aliphatic rings. The van der Waals surface area contributed by atoms with Gasteiger partial charge in [-0.2, -0.15) is 0 Å². The molecule has 0 N–H and O–H groups in total. The molecule has 0 fully saturated rings. The number of anilines is 1. The van der Waals surface area contributed by atoms with Crippen molar-refractivity contribution in [3.8, 4) is 0 Å². The minimum Gasteiger partial charge on any atom is -0.340 e. The average Bonchev–Trinajstić information content (AvgIpc) is 2.54. The summed E-state index contributed by atoms with van der Waals surface area (Å²) in [6, 6.07) is 17.4. The van der Waals surface area contributed by atoms with Gasteiger partial charge in [0.2, 0.25) is 15.9 Å². The third-order valence-corrected chi connectivity index (χ3v) is 4.96. The van der Waals surface area contributed by atoms with Crippen molar-refractivity contribution < 1.29 is 13.2 Å². The molecular weight excluding hydrogens is 324 g/mol. The van der Waals surface area contributed by atoms with E-state index in [-0.39, 0.29) is 5.91 Å². The van der Waals surface area contributed by atoms with Gasteiger partial charge >= 0.3 is 0 Å². The van der Waals surface area contributed by atoms with Gasteiger partial charge in [0, 0.05) is 13.6 Å². The van der Waals surface area contributed by atoms with Gasteiger partial charge in [-0.25, -0.2) is 8.42 Å². The van der Waals surface area contributed by atoms with E-state index in [0.717, 1.165) is 16.1 Å². The molecule has 2 aromatic carbocycles. The molecule has 2 rings (SSSR count). The van der Waals surface area contributed by atoms with E-state index in [1.807, 2.05) is 30.3 Å². The first-order valence-corrected chi connectivity index (χ1v) is 9.49. The normalized spacial score (nSPS) is 12.5. The summed E-state index contributed by atoms with van der Waals surface area (Å²) in [4.78, 5) is 14.3. The van der Waals surface area contributed by atoms with Crippen molar-refractivity contribution in [3.05, 3.63) is 66.2 Å². The number of nitrogens with zero attached hydrogens (tertiary/aromatic N) is 2. The number of carbonyl (C=O) groups is 1. The Bertz CT molecular complexity index is 776. The minimum atomic E-state index is -3.58. The molecule has 0 aliphatic heterocycles. The van der Waals surface area contributed by atoms with Gasteiger partial charge in [0.1, 0.15) is 6.04 Å². The number of sulfonamides is 1. The third-order valence-electron chi connectivity index (χ3n) is 3.72. The molecule has 24 heavy (non-hydrogen) atoms. The molecule has 6 heteroatoms. The molecule has 0 heterocycles. The van der Waals surface area contributed by atoms with E-state index in [1.165, 1.54) is 0 Å². The van der Waals surface area contributed by atoms with Crippen LogP contribution in [0.3, 0.4) is 0 Å². The zero-order chi connectivity index (χ0) is 17.7. The van der Waals surface area contributed by atoms with Crippen LogP contribution in [0.2, 0.25) is 0 Å². The Labute approximate surface area is 143 Å². The van der Waals surface area contributed by atoms with E-state index >= 15 is 0 Å². The van der Waals surface area contributed by atoms with Crippen LogP contribution in [0.1, 0.15) is 12.5 Å². The van der Waals surface area contributed by atoms with E-state index in [1.54, 1.807) is 49.2 Å². The molecule has 1 unspecified atom stereocenters. The summed E-state index contributed by atoms with van der Waals surface area (Å²) in [5, 5.41) is 0. The van der Waals surface area contributed by atoms with Gasteiger partial charge in [0.05, 0.1) is 11.9 Å². The topological polar surface area (TPSA) is 57.7 Å². The second kappa shape index (κ2) is 7.49. The standard InChI is InChI=1S/C18H22N2O3S/c1-15(18(21)19(2)14-16-10-6-4-7-11-16)20(24(3,22)23)17-12-8-5-9-13-17/h4-13,15H,14H2,1-3H3. The maximum Gasteiger partial charge on any atom is 0.246 e. The summed E-state index contributed by atoms with van der Waals surface area (Å²) < 4.78 is 25.6. The van der Waals surface area contributed by atoms with Crippen molar-refractivity contribution in [1.82, 2.24) is 4.90 Å². The maximum absolute atomic E-state index is 12.7. The van der Waals surface area contributed by atoms with Crippen LogP contribution in [0.25, 0.3) is 0 Å². The predicted octanol–water partition coefficient (Wildman–Crippen LogP) is 2.50. The highest BCUT2D eigenvalue weighted by atomic mass is 32.2. The van der Waals surface area contributed by atoms with Gasteiger partial charge < -0.3 is 4.90 Å². The Morgan fingerprint density at radius 3 is 2.00 bits per heavy atom. The lowest BCUT2D eigenvalue weighted by molar-refractivity contribution is -0.131. The molecule has 128 valence electrons. The second-order valence-electron chi connectivity index (χ2n) is 5.75. The average molecular weight is 346 g/mol. The van der Waals surface area contributed by atoms with Gasteiger partial charge in [-0.05, 0) is 24.6 Å². The summed E-state index contributed by atoms with van der Waals surface area (Å²) >= 11 is 0. The van der Waals surface area contributed by atoms with Gasteiger partial charge in [-0.15, -0.1) is 0 Å². The number of hydrogen-bond donors (Lipinski definition) is 0. The number of carbonyl (C=O) groups excluding carboxylic acids is 1. The molecule has 0 saturated heterocycles. The number of para-hydroxylation sites is 1. The highest BCUT2D eigenvalue weighted by molar-refractivity contribution is 7.92. The summed E-state index contributed by atoms with van der Waals surface area (Å²) in [7, 11) is -1.90. The number of likely N-dealkylation sites (N-methyl/N-ethyl adjacent to an activating group) is 1. The number of hydrogen-bond acceptors (Lipinski definition) is 3. The molecule has 0 aliphatic carbocycles. The molecule has 1 amide bonds. The third kappa shape index (κ3) is 4.35. The highest BCUT2D eigenvalue weighted by Crippen LogP contribution is 2.21. The largest absolute Gasteiger partial charge is 0.340 e. The van der Waals surface area contributed by atoms with Crippen molar-refractivity contribution in [2.75, 3.05) is 17.6 Å². The molecule has 1 atom stereocenters. The first kappa shape index (κ1) is 18.0. The van der Waals surface area contributed by atoms with Crippen LogP contribution >= 0.6 is 0 Å². The Morgan fingerprint density at radius 2 is 1.50 bits per heavy atom. The van der Waals surface area contributed by atoms with E-state index in [2.05, 4.69) is 0 Å². The summed E-state index contributed by atoms with van der Waals surface area (Å²) in [5.74, 6) is -0.256. The van der Waals surface area contributed by atoms with Gasteiger partial charge in [-0.1, -0.05) is 48.5 Å². The van der Waals surface area contributed by atoms with E-state index in [0.29, 0.717) is 12.2 Å². The fourth-order valence-corrected chi connectivity index (χ4v) is 3.80. The lowest BCUT2D eigenvalue weighted by Gasteiger charge is -2.31. The van der Waals surface area contributed by atoms with Crippen LogP contribution < -0.4 is 4.31 Å². The minimum absolute atomic E-state index is 0.256. The fraction of sp³-hybridized carbons (Fsp3) is 0.278. The Hall–Kier alpha value is -2.34. The first-order valence-electron chi connectivity index (χ1n) is 7.64. The summed E-state index contributed by atoms with van der Waals surface area (Å²) in [6.45, 7) is 2.04. The zero-order valence-corrected chi connectivity index (χ0v) is 14.9. The van der Waals surface area contributed by atoms with Gasteiger partial charge in [0.15, 0.2) is 0 Å². The van der Waals surface area contributed by atoms with Crippen LogP contribution in [0.15, 0.2) is 60.7 Å². The van der Waals surface area contributed by atoms with Crippen molar-refractivity contribution in [2.45, 2.75) is 19.5 Å². The fourth-order valence-electron chi connectivity index (χ4n) is 2.63. The van der Waals surface area contributed by atoms with Crippen LogP contribution in [-0.4, -0.2) is 38.6 Å². The lowest BCUT2D eigenvalue weighted by Crippen LogP contribution is -2.48. The van der Waals surface area contributed by atoms with E-state index in [4.69, 9.17) is 0 Å². The Kier molecular flexibility index (Phi) is 5.62. The van der Waals surface area contributed by atoms with Gasteiger partial charge in [0.25, 0.3) is 0 Å². The van der Waals surface area contributed by atoms with Crippen LogP contribution in [-0.2, 0) is 21.4 Å². The lowest BCUT2D eigenvalue weighted by atomic mass is 10.2.